The number of hydrogen-bond donors (Lipinski definition) is 0. The summed E-state index contributed by atoms with van der Waals surface area (Å²) in [5, 5.41) is 0.541. The van der Waals surface area contributed by atoms with Crippen LogP contribution in [0.4, 0.5) is 5.82 Å². The Morgan fingerprint density at radius 3 is 2.45 bits per heavy atom. The number of halogens is 1. The number of aryl methyl sites for hydroxylation is 1. The molecule has 0 aliphatic rings. The lowest BCUT2D eigenvalue weighted by atomic mass is 10.3. The maximum Gasteiger partial charge on any atom is 0.132 e. The Kier molecular flexibility index (Phi) is 2.35. The van der Waals surface area contributed by atoms with Gasteiger partial charge in [-0.3, -0.25) is 0 Å². The van der Waals surface area contributed by atoms with Gasteiger partial charge in [-0.05, 0) is 18.6 Å². The minimum Gasteiger partial charge on any atom is -0.362 e. The molecule has 1 aromatic heterocycles. The molecule has 0 fully saturated rings. The first-order valence-corrected chi connectivity index (χ1v) is 3.79. The van der Waals surface area contributed by atoms with E-state index in [1.54, 1.807) is 6.07 Å². The van der Waals surface area contributed by atoms with Gasteiger partial charge < -0.3 is 4.90 Å². The maximum atomic E-state index is 5.72. The summed E-state index contributed by atoms with van der Waals surface area (Å²) in [4.78, 5) is 6.11. The van der Waals surface area contributed by atoms with Gasteiger partial charge in [-0.25, -0.2) is 4.98 Å². The molecule has 1 aromatic rings. The zero-order valence-electron chi connectivity index (χ0n) is 6.93. The van der Waals surface area contributed by atoms with Crippen LogP contribution in [0.2, 0.25) is 5.15 Å². The molecule has 0 N–H and O–H groups in total. The van der Waals surface area contributed by atoms with Gasteiger partial charge in [-0.1, -0.05) is 17.7 Å². The van der Waals surface area contributed by atoms with Crippen molar-refractivity contribution in [1.82, 2.24) is 4.98 Å². The van der Waals surface area contributed by atoms with Crippen molar-refractivity contribution in [3.8, 4) is 0 Å². The van der Waals surface area contributed by atoms with Crippen LogP contribution in [0.15, 0.2) is 12.1 Å². The van der Waals surface area contributed by atoms with Gasteiger partial charge in [0.25, 0.3) is 0 Å². The molecule has 2 nitrogen and oxygen atoms in total. The largest absolute Gasteiger partial charge is 0.362 e. The zero-order chi connectivity index (χ0) is 8.43. The summed E-state index contributed by atoms with van der Waals surface area (Å²) in [7, 11) is 3.90. The minimum absolute atomic E-state index is 0.541. The van der Waals surface area contributed by atoms with Crippen LogP contribution in [0.5, 0.6) is 0 Å². The third kappa shape index (κ3) is 1.84. The number of rotatable bonds is 1. The fraction of sp³-hybridized carbons (Fsp3) is 0.375. The predicted molar refractivity (Wildman–Crippen MR) is 48.3 cm³/mol. The van der Waals surface area contributed by atoms with E-state index in [2.05, 4.69) is 4.98 Å². The highest BCUT2D eigenvalue weighted by Crippen LogP contribution is 2.16. The molecule has 3 heteroatoms. The lowest BCUT2D eigenvalue weighted by Gasteiger charge is -2.13. The number of hydrogen-bond acceptors (Lipinski definition) is 2. The van der Waals surface area contributed by atoms with Crippen LogP contribution in [0.3, 0.4) is 0 Å². The average Bonchev–Trinajstić information content (AvgIpc) is 1.94. The Hall–Kier alpha value is -0.760. The molecule has 0 aromatic carbocycles. The molecule has 1 rings (SSSR count). The number of pyridine rings is 1. The van der Waals surface area contributed by atoms with Crippen molar-refractivity contribution in [2.24, 2.45) is 0 Å². The van der Waals surface area contributed by atoms with Crippen molar-refractivity contribution in [3.63, 3.8) is 0 Å². The molecular weight excluding hydrogens is 160 g/mol. The lowest BCUT2D eigenvalue weighted by molar-refractivity contribution is 1.05. The van der Waals surface area contributed by atoms with Crippen molar-refractivity contribution in [2.45, 2.75) is 6.92 Å². The van der Waals surface area contributed by atoms with Crippen LogP contribution < -0.4 is 4.90 Å². The van der Waals surface area contributed by atoms with Gasteiger partial charge in [-0.2, -0.15) is 0 Å². The van der Waals surface area contributed by atoms with E-state index < -0.39 is 0 Å². The van der Waals surface area contributed by atoms with E-state index in [4.69, 9.17) is 11.6 Å². The topological polar surface area (TPSA) is 16.1 Å². The summed E-state index contributed by atoms with van der Waals surface area (Å²) >= 11 is 5.72. The first-order valence-electron chi connectivity index (χ1n) is 3.41. The number of nitrogens with zero attached hydrogens (tertiary/aromatic N) is 2. The Balaban J connectivity index is 3.13. The Bertz CT molecular complexity index is 258. The standard InChI is InChI=1S/C8H11ClN2/c1-6-4-5-7(9)10-8(6)11(2)3/h4-5H,1-3H3. The van der Waals surface area contributed by atoms with Crippen LogP contribution in [-0.4, -0.2) is 19.1 Å². The van der Waals surface area contributed by atoms with E-state index in [-0.39, 0.29) is 0 Å². The average molecular weight is 171 g/mol. The van der Waals surface area contributed by atoms with Gasteiger partial charge in [0, 0.05) is 14.1 Å². The minimum atomic E-state index is 0.541. The second-order valence-electron chi connectivity index (χ2n) is 2.67. The van der Waals surface area contributed by atoms with Crippen molar-refractivity contribution in [1.29, 1.82) is 0 Å². The normalized spacial score (nSPS) is 9.82. The second-order valence-corrected chi connectivity index (χ2v) is 3.06. The van der Waals surface area contributed by atoms with Gasteiger partial charge in [0.15, 0.2) is 0 Å². The molecule has 0 saturated carbocycles. The molecule has 0 spiro atoms. The van der Waals surface area contributed by atoms with Crippen molar-refractivity contribution in [3.05, 3.63) is 22.8 Å². The Labute approximate surface area is 71.8 Å². The smallest absolute Gasteiger partial charge is 0.132 e. The van der Waals surface area contributed by atoms with E-state index >= 15 is 0 Å². The highest BCUT2D eigenvalue weighted by atomic mass is 35.5. The summed E-state index contributed by atoms with van der Waals surface area (Å²) in [6, 6.07) is 3.76. The third-order valence-corrected chi connectivity index (χ3v) is 1.67. The summed E-state index contributed by atoms with van der Waals surface area (Å²) < 4.78 is 0. The van der Waals surface area contributed by atoms with E-state index in [0.717, 1.165) is 11.4 Å². The quantitative estimate of drug-likeness (QED) is 0.601. The van der Waals surface area contributed by atoms with Gasteiger partial charge >= 0.3 is 0 Å². The van der Waals surface area contributed by atoms with Crippen LogP contribution in [0.1, 0.15) is 5.56 Å². The molecule has 0 atom stereocenters. The third-order valence-electron chi connectivity index (χ3n) is 1.46. The fourth-order valence-corrected chi connectivity index (χ4v) is 1.09. The van der Waals surface area contributed by atoms with E-state index in [9.17, 15) is 0 Å². The highest BCUT2D eigenvalue weighted by Gasteiger charge is 2.01. The summed E-state index contributed by atoms with van der Waals surface area (Å²) in [6.45, 7) is 2.01. The van der Waals surface area contributed by atoms with Crippen LogP contribution >= 0.6 is 11.6 Å². The molecule has 0 bridgehead atoms. The maximum absolute atomic E-state index is 5.72. The van der Waals surface area contributed by atoms with Crippen molar-refractivity contribution in [2.75, 3.05) is 19.0 Å². The number of aromatic nitrogens is 1. The zero-order valence-corrected chi connectivity index (χ0v) is 7.68. The molecular formula is C8H11ClN2. The fourth-order valence-electron chi connectivity index (χ4n) is 0.948. The first-order chi connectivity index (χ1) is 5.11. The molecule has 0 aliphatic heterocycles. The van der Waals surface area contributed by atoms with Crippen LogP contribution in [0, 0.1) is 6.92 Å². The summed E-state index contributed by atoms with van der Waals surface area (Å²) in [6.07, 6.45) is 0. The SMILES string of the molecule is Cc1ccc(Cl)nc1N(C)C. The van der Waals surface area contributed by atoms with Crippen molar-refractivity contribution < 1.29 is 0 Å². The molecule has 0 unspecified atom stereocenters. The Morgan fingerprint density at radius 1 is 1.36 bits per heavy atom. The molecule has 11 heavy (non-hydrogen) atoms. The van der Waals surface area contributed by atoms with Gasteiger partial charge in [0.1, 0.15) is 11.0 Å². The van der Waals surface area contributed by atoms with Crippen LogP contribution in [0.25, 0.3) is 0 Å². The summed E-state index contributed by atoms with van der Waals surface area (Å²) in [5.74, 6) is 0.928. The lowest BCUT2D eigenvalue weighted by Crippen LogP contribution is -2.12. The van der Waals surface area contributed by atoms with E-state index in [0.29, 0.717) is 5.15 Å². The molecule has 60 valence electrons. The van der Waals surface area contributed by atoms with E-state index in [1.807, 2.05) is 32.0 Å². The van der Waals surface area contributed by atoms with Gasteiger partial charge in [0.05, 0.1) is 0 Å². The molecule has 0 saturated heterocycles. The first kappa shape index (κ1) is 8.34. The highest BCUT2D eigenvalue weighted by molar-refractivity contribution is 6.29. The number of anilines is 1. The van der Waals surface area contributed by atoms with Crippen molar-refractivity contribution >= 4 is 17.4 Å². The van der Waals surface area contributed by atoms with Gasteiger partial charge in [-0.15, -0.1) is 0 Å². The van der Waals surface area contributed by atoms with Crippen LogP contribution in [-0.2, 0) is 0 Å². The van der Waals surface area contributed by atoms with E-state index in [1.165, 1.54) is 0 Å². The molecule has 0 aliphatic carbocycles. The molecule has 0 radical (unpaired) electrons. The molecule has 0 amide bonds. The predicted octanol–water partition coefficient (Wildman–Crippen LogP) is 2.11. The van der Waals surface area contributed by atoms with Gasteiger partial charge in [0.2, 0.25) is 0 Å². The second kappa shape index (κ2) is 3.09. The summed E-state index contributed by atoms with van der Waals surface area (Å²) in [5.41, 5.74) is 1.14. The monoisotopic (exact) mass is 170 g/mol. The molecule has 1 heterocycles. The Morgan fingerprint density at radius 2 is 2.00 bits per heavy atom.